The molecular formula is C19H29NO4. The first kappa shape index (κ1) is 17.5. The molecule has 24 heavy (non-hydrogen) atoms. The number of carbonyl (C=O) groups is 1. The first-order chi connectivity index (χ1) is 11.4. The summed E-state index contributed by atoms with van der Waals surface area (Å²) in [7, 11) is 0. The number of ether oxygens (including phenoxy) is 2. The first-order valence-electron chi connectivity index (χ1n) is 9.03. The molecule has 2 heterocycles. The lowest BCUT2D eigenvalue weighted by molar-refractivity contribution is -0.136. The van der Waals surface area contributed by atoms with Crippen LogP contribution in [0.15, 0.2) is 10.5 Å². The summed E-state index contributed by atoms with van der Waals surface area (Å²) in [6.45, 7) is 10.4. The SMILES string of the molecule is Cc1cc(C(=O)N2CCO[C@@]3(CCC[C@@H]3COC(C)C)C2)c(C)o1. The van der Waals surface area contributed by atoms with Crippen LogP contribution in [0.3, 0.4) is 0 Å². The zero-order valence-electron chi connectivity index (χ0n) is 15.3. The molecule has 5 nitrogen and oxygen atoms in total. The van der Waals surface area contributed by atoms with E-state index in [0.29, 0.717) is 43.5 Å². The Bertz CT molecular complexity index is 594. The van der Waals surface area contributed by atoms with E-state index in [9.17, 15) is 4.79 Å². The van der Waals surface area contributed by atoms with Gasteiger partial charge in [0.05, 0.1) is 37.0 Å². The average Bonchev–Trinajstić information content (AvgIpc) is 3.07. The number of furan rings is 1. The number of hydrogen-bond acceptors (Lipinski definition) is 4. The number of hydrogen-bond donors (Lipinski definition) is 0. The predicted molar refractivity (Wildman–Crippen MR) is 91.2 cm³/mol. The summed E-state index contributed by atoms with van der Waals surface area (Å²) in [5, 5.41) is 0. The van der Waals surface area contributed by atoms with Crippen molar-refractivity contribution in [3.8, 4) is 0 Å². The Morgan fingerprint density at radius 3 is 2.92 bits per heavy atom. The standard InChI is InChI=1S/C19H29NO4/c1-13(2)22-11-16-6-5-7-19(16)12-20(8-9-23-19)18(21)17-10-14(3)24-15(17)4/h10,13,16H,5-9,11-12H2,1-4H3/t16-,19+/m1/s1. The number of rotatable bonds is 4. The molecule has 1 saturated heterocycles. The van der Waals surface area contributed by atoms with Crippen LogP contribution in [0.1, 0.15) is 55.0 Å². The summed E-state index contributed by atoms with van der Waals surface area (Å²) < 4.78 is 17.6. The maximum atomic E-state index is 12.9. The van der Waals surface area contributed by atoms with E-state index in [1.54, 1.807) is 0 Å². The summed E-state index contributed by atoms with van der Waals surface area (Å²) in [6, 6.07) is 1.84. The lowest BCUT2D eigenvalue weighted by Crippen LogP contribution is -2.56. The minimum absolute atomic E-state index is 0.0578. The fraction of sp³-hybridized carbons (Fsp3) is 0.737. The smallest absolute Gasteiger partial charge is 0.257 e. The predicted octanol–water partition coefficient (Wildman–Crippen LogP) is 3.33. The third-order valence-corrected chi connectivity index (χ3v) is 5.30. The highest BCUT2D eigenvalue weighted by Gasteiger charge is 2.48. The van der Waals surface area contributed by atoms with Crippen LogP contribution in [-0.4, -0.2) is 48.8 Å². The molecule has 0 unspecified atom stereocenters. The minimum atomic E-state index is -0.241. The second kappa shape index (κ2) is 6.89. The Labute approximate surface area is 144 Å². The van der Waals surface area contributed by atoms with Gasteiger partial charge in [0.2, 0.25) is 0 Å². The summed E-state index contributed by atoms with van der Waals surface area (Å²) in [6.07, 6.45) is 3.48. The minimum Gasteiger partial charge on any atom is -0.466 e. The van der Waals surface area contributed by atoms with Crippen LogP contribution >= 0.6 is 0 Å². The van der Waals surface area contributed by atoms with E-state index in [2.05, 4.69) is 13.8 Å². The van der Waals surface area contributed by atoms with Gasteiger partial charge in [-0.1, -0.05) is 6.42 Å². The van der Waals surface area contributed by atoms with E-state index in [-0.39, 0.29) is 17.6 Å². The van der Waals surface area contributed by atoms with Crippen LogP contribution in [0.4, 0.5) is 0 Å². The molecule has 1 saturated carbocycles. The van der Waals surface area contributed by atoms with Gasteiger partial charge < -0.3 is 18.8 Å². The van der Waals surface area contributed by atoms with Gasteiger partial charge in [0.15, 0.2) is 0 Å². The monoisotopic (exact) mass is 335 g/mol. The van der Waals surface area contributed by atoms with Gasteiger partial charge in [-0.25, -0.2) is 0 Å². The number of carbonyl (C=O) groups excluding carboxylic acids is 1. The van der Waals surface area contributed by atoms with Crippen molar-refractivity contribution in [1.29, 1.82) is 0 Å². The summed E-state index contributed by atoms with van der Waals surface area (Å²) in [5.74, 6) is 1.90. The van der Waals surface area contributed by atoms with Gasteiger partial charge in [0.1, 0.15) is 11.5 Å². The quantitative estimate of drug-likeness (QED) is 0.847. The fourth-order valence-electron chi connectivity index (χ4n) is 4.05. The molecule has 1 amide bonds. The van der Waals surface area contributed by atoms with Crippen molar-refractivity contribution >= 4 is 5.91 Å². The van der Waals surface area contributed by atoms with Crippen LogP contribution in [0.25, 0.3) is 0 Å². The number of morpholine rings is 1. The number of nitrogens with zero attached hydrogens (tertiary/aromatic N) is 1. The Kier molecular flexibility index (Phi) is 5.02. The van der Waals surface area contributed by atoms with Gasteiger partial charge >= 0.3 is 0 Å². The third-order valence-electron chi connectivity index (χ3n) is 5.30. The molecule has 134 valence electrons. The number of amides is 1. The van der Waals surface area contributed by atoms with Gasteiger partial charge in [0, 0.05) is 12.5 Å². The zero-order chi connectivity index (χ0) is 17.3. The molecule has 5 heteroatoms. The molecule has 1 spiro atoms. The molecule has 1 aromatic rings. The van der Waals surface area contributed by atoms with Crippen LogP contribution in [-0.2, 0) is 9.47 Å². The van der Waals surface area contributed by atoms with Crippen molar-refractivity contribution in [3.63, 3.8) is 0 Å². The van der Waals surface area contributed by atoms with Gasteiger partial charge in [-0.05, 0) is 46.6 Å². The van der Waals surface area contributed by atoms with Crippen molar-refractivity contribution in [3.05, 3.63) is 23.2 Å². The van der Waals surface area contributed by atoms with Crippen LogP contribution < -0.4 is 0 Å². The molecule has 1 aromatic heterocycles. The molecule has 0 aromatic carbocycles. The second-order valence-corrected chi connectivity index (χ2v) is 7.44. The molecule has 2 aliphatic rings. The zero-order valence-corrected chi connectivity index (χ0v) is 15.3. The lowest BCUT2D eigenvalue weighted by Gasteiger charge is -2.44. The normalized spacial score (nSPS) is 27.4. The molecule has 0 bridgehead atoms. The highest BCUT2D eigenvalue weighted by molar-refractivity contribution is 5.95. The van der Waals surface area contributed by atoms with Crippen LogP contribution in [0.2, 0.25) is 0 Å². The molecule has 1 aliphatic carbocycles. The lowest BCUT2D eigenvalue weighted by atomic mass is 9.89. The van der Waals surface area contributed by atoms with Gasteiger partial charge in [-0.3, -0.25) is 4.79 Å². The molecule has 0 radical (unpaired) electrons. The molecule has 2 fully saturated rings. The van der Waals surface area contributed by atoms with Crippen molar-refractivity contribution in [2.45, 2.75) is 58.7 Å². The van der Waals surface area contributed by atoms with Crippen molar-refractivity contribution in [1.82, 2.24) is 4.90 Å². The van der Waals surface area contributed by atoms with Crippen molar-refractivity contribution in [2.24, 2.45) is 5.92 Å². The van der Waals surface area contributed by atoms with E-state index in [1.807, 2.05) is 24.8 Å². The van der Waals surface area contributed by atoms with E-state index >= 15 is 0 Å². The molecule has 2 atom stereocenters. The molecule has 3 rings (SSSR count). The largest absolute Gasteiger partial charge is 0.466 e. The summed E-state index contributed by atoms with van der Waals surface area (Å²) in [5.41, 5.74) is 0.438. The summed E-state index contributed by atoms with van der Waals surface area (Å²) >= 11 is 0. The molecular weight excluding hydrogens is 306 g/mol. The second-order valence-electron chi connectivity index (χ2n) is 7.44. The van der Waals surface area contributed by atoms with E-state index in [0.717, 1.165) is 25.0 Å². The Balaban J connectivity index is 1.73. The highest BCUT2D eigenvalue weighted by atomic mass is 16.5. The maximum absolute atomic E-state index is 12.9. The highest BCUT2D eigenvalue weighted by Crippen LogP contribution is 2.41. The Morgan fingerprint density at radius 2 is 2.25 bits per heavy atom. The molecule has 0 N–H and O–H groups in total. The van der Waals surface area contributed by atoms with Crippen LogP contribution in [0.5, 0.6) is 0 Å². The van der Waals surface area contributed by atoms with Crippen LogP contribution in [0, 0.1) is 19.8 Å². The number of aryl methyl sites for hydroxylation is 2. The first-order valence-corrected chi connectivity index (χ1v) is 9.03. The van der Waals surface area contributed by atoms with E-state index < -0.39 is 0 Å². The fourth-order valence-corrected chi connectivity index (χ4v) is 4.05. The summed E-state index contributed by atoms with van der Waals surface area (Å²) in [4.78, 5) is 14.9. The average molecular weight is 335 g/mol. The van der Waals surface area contributed by atoms with Gasteiger partial charge in [-0.2, -0.15) is 0 Å². The third kappa shape index (κ3) is 3.38. The topological polar surface area (TPSA) is 51.9 Å². The maximum Gasteiger partial charge on any atom is 0.257 e. The van der Waals surface area contributed by atoms with Crippen molar-refractivity contribution in [2.75, 3.05) is 26.3 Å². The van der Waals surface area contributed by atoms with E-state index in [1.165, 1.54) is 0 Å². The van der Waals surface area contributed by atoms with Gasteiger partial charge in [0.25, 0.3) is 5.91 Å². The van der Waals surface area contributed by atoms with Gasteiger partial charge in [-0.15, -0.1) is 0 Å². The Hall–Kier alpha value is -1.33. The Morgan fingerprint density at radius 1 is 1.46 bits per heavy atom. The molecule has 1 aliphatic heterocycles. The van der Waals surface area contributed by atoms with Crippen molar-refractivity contribution < 1.29 is 18.7 Å². The van der Waals surface area contributed by atoms with E-state index in [4.69, 9.17) is 13.9 Å².